The van der Waals surface area contributed by atoms with E-state index in [2.05, 4.69) is 5.32 Å². The SMILES string of the molecule is O=C(NCC1CCC(CC2CC2)CC1)c1ccc(Cl)cc1Cl. The third-order valence-electron chi connectivity index (χ3n) is 5.06. The van der Waals surface area contributed by atoms with Crippen LogP contribution in [0.15, 0.2) is 18.2 Å². The highest BCUT2D eigenvalue weighted by Gasteiger charge is 2.28. The fourth-order valence-corrected chi connectivity index (χ4v) is 4.00. The van der Waals surface area contributed by atoms with Crippen LogP contribution in [-0.2, 0) is 0 Å². The number of rotatable bonds is 5. The van der Waals surface area contributed by atoms with Gasteiger partial charge < -0.3 is 5.32 Å². The maximum Gasteiger partial charge on any atom is 0.252 e. The Labute approximate surface area is 142 Å². The molecule has 1 N–H and O–H groups in total. The zero-order valence-corrected chi connectivity index (χ0v) is 14.3. The second kappa shape index (κ2) is 7.23. The molecule has 0 unspecified atom stereocenters. The van der Waals surface area contributed by atoms with E-state index in [1.54, 1.807) is 18.2 Å². The molecule has 2 nitrogen and oxygen atoms in total. The van der Waals surface area contributed by atoms with Gasteiger partial charge in [-0.25, -0.2) is 0 Å². The number of carbonyl (C=O) groups is 1. The van der Waals surface area contributed by atoms with Crippen molar-refractivity contribution in [2.24, 2.45) is 17.8 Å². The van der Waals surface area contributed by atoms with E-state index >= 15 is 0 Å². The van der Waals surface area contributed by atoms with Gasteiger partial charge >= 0.3 is 0 Å². The standard InChI is InChI=1S/C18H23Cl2NO/c19-15-7-8-16(17(20)10-15)18(22)21-11-14-5-3-13(4-6-14)9-12-1-2-12/h7-8,10,12-14H,1-6,9,11H2,(H,21,22). The van der Waals surface area contributed by atoms with Gasteiger partial charge in [-0.2, -0.15) is 0 Å². The van der Waals surface area contributed by atoms with E-state index in [1.165, 1.54) is 44.9 Å². The maximum atomic E-state index is 12.2. The van der Waals surface area contributed by atoms with Crippen molar-refractivity contribution in [1.29, 1.82) is 0 Å². The Morgan fingerprint density at radius 2 is 1.59 bits per heavy atom. The first-order valence-corrected chi connectivity index (χ1v) is 9.10. The lowest BCUT2D eigenvalue weighted by atomic mass is 9.79. The Morgan fingerprint density at radius 1 is 1.00 bits per heavy atom. The highest BCUT2D eigenvalue weighted by molar-refractivity contribution is 6.36. The summed E-state index contributed by atoms with van der Waals surface area (Å²) in [7, 11) is 0. The van der Waals surface area contributed by atoms with Crippen molar-refractivity contribution in [3.8, 4) is 0 Å². The fraction of sp³-hybridized carbons (Fsp3) is 0.611. The minimum atomic E-state index is -0.0956. The third-order valence-corrected chi connectivity index (χ3v) is 5.60. The van der Waals surface area contributed by atoms with Crippen molar-refractivity contribution in [1.82, 2.24) is 5.32 Å². The number of hydrogen-bond acceptors (Lipinski definition) is 1. The summed E-state index contributed by atoms with van der Waals surface area (Å²) in [6, 6.07) is 5.00. The number of nitrogens with one attached hydrogen (secondary N) is 1. The minimum absolute atomic E-state index is 0.0956. The summed E-state index contributed by atoms with van der Waals surface area (Å²) >= 11 is 11.9. The number of amides is 1. The Balaban J connectivity index is 1.43. The molecule has 0 saturated heterocycles. The molecule has 4 heteroatoms. The first kappa shape index (κ1) is 16.1. The molecular weight excluding hydrogens is 317 g/mol. The number of hydrogen-bond donors (Lipinski definition) is 1. The zero-order chi connectivity index (χ0) is 15.5. The molecule has 0 heterocycles. The molecule has 120 valence electrons. The van der Waals surface area contributed by atoms with Crippen molar-refractivity contribution < 1.29 is 4.79 Å². The van der Waals surface area contributed by atoms with Crippen LogP contribution in [0.3, 0.4) is 0 Å². The molecule has 0 spiro atoms. The van der Waals surface area contributed by atoms with Crippen molar-refractivity contribution >= 4 is 29.1 Å². The third kappa shape index (κ3) is 4.39. The molecule has 0 atom stereocenters. The van der Waals surface area contributed by atoms with Gasteiger partial charge in [-0.3, -0.25) is 4.79 Å². The fourth-order valence-electron chi connectivity index (χ4n) is 3.50. The van der Waals surface area contributed by atoms with Gasteiger partial charge in [-0.1, -0.05) is 48.9 Å². The predicted molar refractivity (Wildman–Crippen MR) is 91.6 cm³/mol. The Kier molecular flexibility index (Phi) is 5.30. The van der Waals surface area contributed by atoms with Crippen LogP contribution < -0.4 is 5.32 Å². The summed E-state index contributed by atoms with van der Waals surface area (Å²) in [5, 5.41) is 4.00. The Hall–Kier alpha value is -0.730. The molecule has 1 aromatic rings. The van der Waals surface area contributed by atoms with E-state index in [9.17, 15) is 4.79 Å². The largest absolute Gasteiger partial charge is 0.352 e. The molecule has 3 rings (SSSR count). The molecule has 0 aliphatic heterocycles. The number of halogens is 2. The lowest BCUT2D eigenvalue weighted by Crippen LogP contribution is -2.31. The first-order valence-electron chi connectivity index (χ1n) is 8.35. The summed E-state index contributed by atoms with van der Waals surface area (Å²) in [6.07, 6.45) is 9.50. The van der Waals surface area contributed by atoms with Gasteiger partial charge in [-0.05, 0) is 55.2 Å². The van der Waals surface area contributed by atoms with Crippen molar-refractivity contribution in [3.05, 3.63) is 33.8 Å². The van der Waals surface area contributed by atoms with Crippen LogP contribution in [0.5, 0.6) is 0 Å². The van der Waals surface area contributed by atoms with E-state index in [0.717, 1.165) is 18.4 Å². The molecular formula is C18H23Cl2NO. The van der Waals surface area contributed by atoms with Crippen molar-refractivity contribution in [3.63, 3.8) is 0 Å². The lowest BCUT2D eigenvalue weighted by Gasteiger charge is -2.28. The Morgan fingerprint density at radius 3 is 2.18 bits per heavy atom. The molecule has 0 bridgehead atoms. The molecule has 2 saturated carbocycles. The molecule has 22 heavy (non-hydrogen) atoms. The highest BCUT2D eigenvalue weighted by Crippen LogP contribution is 2.40. The topological polar surface area (TPSA) is 29.1 Å². The second-order valence-electron chi connectivity index (χ2n) is 6.90. The summed E-state index contributed by atoms with van der Waals surface area (Å²) < 4.78 is 0. The van der Waals surface area contributed by atoms with Crippen LogP contribution in [0.25, 0.3) is 0 Å². The summed E-state index contributed by atoms with van der Waals surface area (Å²) in [4.78, 5) is 12.2. The normalized spacial score (nSPS) is 25.0. The quantitative estimate of drug-likeness (QED) is 0.771. The molecule has 2 aliphatic rings. The van der Waals surface area contributed by atoms with E-state index in [1.807, 2.05) is 0 Å². The molecule has 2 fully saturated rings. The molecule has 1 aromatic carbocycles. The van der Waals surface area contributed by atoms with Crippen LogP contribution in [-0.4, -0.2) is 12.5 Å². The van der Waals surface area contributed by atoms with Gasteiger partial charge in [0.05, 0.1) is 10.6 Å². The van der Waals surface area contributed by atoms with Gasteiger partial charge in [-0.15, -0.1) is 0 Å². The lowest BCUT2D eigenvalue weighted by molar-refractivity contribution is 0.0941. The molecule has 1 amide bonds. The molecule has 0 aromatic heterocycles. The van der Waals surface area contributed by atoms with Crippen molar-refractivity contribution in [2.75, 3.05) is 6.54 Å². The monoisotopic (exact) mass is 339 g/mol. The first-order chi connectivity index (χ1) is 10.6. The van der Waals surface area contributed by atoms with Crippen molar-refractivity contribution in [2.45, 2.75) is 44.9 Å². The van der Waals surface area contributed by atoms with Crippen LogP contribution in [0.2, 0.25) is 10.0 Å². The summed E-state index contributed by atoms with van der Waals surface area (Å²) in [5.41, 5.74) is 0.508. The summed E-state index contributed by atoms with van der Waals surface area (Å²) in [6.45, 7) is 0.758. The number of benzene rings is 1. The van der Waals surface area contributed by atoms with Gasteiger partial charge in [0.1, 0.15) is 0 Å². The minimum Gasteiger partial charge on any atom is -0.352 e. The van der Waals surface area contributed by atoms with E-state index in [4.69, 9.17) is 23.2 Å². The van der Waals surface area contributed by atoms with Crippen LogP contribution in [0.4, 0.5) is 0 Å². The van der Waals surface area contributed by atoms with E-state index in [-0.39, 0.29) is 5.91 Å². The predicted octanol–water partition coefficient (Wildman–Crippen LogP) is 5.33. The van der Waals surface area contributed by atoms with Crippen LogP contribution in [0, 0.1) is 17.8 Å². The van der Waals surface area contributed by atoms with E-state index in [0.29, 0.717) is 21.5 Å². The maximum absolute atomic E-state index is 12.2. The number of carbonyl (C=O) groups excluding carboxylic acids is 1. The Bertz CT molecular complexity index is 534. The second-order valence-corrected chi connectivity index (χ2v) is 7.74. The van der Waals surface area contributed by atoms with Gasteiger partial charge in [0.15, 0.2) is 0 Å². The van der Waals surface area contributed by atoms with Gasteiger partial charge in [0.25, 0.3) is 5.91 Å². The summed E-state index contributed by atoms with van der Waals surface area (Å²) in [5.74, 6) is 2.49. The van der Waals surface area contributed by atoms with Crippen LogP contribution in [0.1, 0.15) is 55.3 Å². The van der Waals surface area contributed by atoms with Crippen LogP contribution >= 0.6 is 23.2 Å². The average molecular weight is 340 g/mol. The van der Waals surface area contributed by atoms with Gasteiger partial charge in [0.2, 0.25) is 0 Å². The average Bonchev–Trinajstić information content (AvgIpc) is 3.30. The highest BCUT2D eigenvalue weighted by atomic mass is 35.5. The molecule has 2 aliphatic carbocycles. The smallest absolute Gasteiger partial charge is 0.252 e. The zero-order valence-electron chi connectivity index (χ0n) is 12.8. The molecule has 0 radical (unpaired) electrons. The van der Waals surface area contributed by atoms with Gasteiger partial charge in [0, 0.05) is 11.6 Å². The van der Waals surface area contributed by atoms with E-state index < -0.39 is 0 Å².